The quantitative estimate of drug-likeness (QED) is 0.0512. The topological polar surface area (TPSA) is 149 Å². The Hall–Kier alpha value is -1.85. The maximum absolute atomic E-state index is 12.7. The second-order valence-corrected chi connectivity index (χ2v) is 13.0. The van der Waals surface area contributed by atoms with Crippen molar-refractivity contribution in [1.82, 2.24) is 14.7 Å². The van der Waals surface area contributed by atoms with Crippen LogP contribution in [0.3, 0.4) is 0 Å². The van der Waals surface area contributed by atoms with Gasteiger partial charge >= 0.3 is 64.0 Å². The molecule has 1 unspecified atom stereocenters. The summed E-state index contributed by atoms with van der Waals surface area (Å²) < 4.78 is 33.4. The summed E-state index contributed by atoms with van der Waals surface area (Å²) in [4.78, 5) is 38.8. The molecular formula is C41H54Cl3Mg2N3O11. The van der Waals surface area contributed by atoms with E-state index < -0.39 is 23.7 Å². The van der Waals surface area contributed by atoms with E-state index in [1.165, 1.54) is 25.3 Å². The summed E-state index contributed by atoms with van der Waals surface area (Å²) in [6.45, 7) is 13.0. The zero-order valence-corrected chi connectivity index (χ0v) is 40.0. The molecule has 0 aromatic heterocycles. The molecule has 3 aliphatic heterocycles. The van der Waals surface area contributed by atoms with Gasteiger partial charge in [-0.15, -0.1) is 5.56 Å². The van der Waals surface area contributed by atoms with E-state index in [9.17, 15) is 19.5 Å². The summed E-state index contributed by atoms with van der Waals surface area (Å²) in [5.41, 5.74) is 3.54. The van der Waals surface area contributed by atoms with Crippen molar-refractivity contribution in [2.75, 3.05) is 107 Å². The average Bonchev–Trinajstić information content (AvgIpc) is 3.25. The normalized spacial score (nSPS) is 16.0. The summed E-state index contributed by atoms with van der Waals surface area (Å²) in [6, 6.07) is 26.4. The van der Waals surface area contributed by atoms with Crippen LogP contribution < -0.4 is 29.9 Å². The Morgan fingerprint density at radius 1 is 0.633 bits per heavy atom. The third-order valence-corrected chi connectivity index (χ3v) is 9.24. The molecule has 1 atom stereocenters. The largest absolute Gasteiger partial charge is 2.00 e. The van der Waals surface area contributed by atoms with Crippen LogP contribution in [0.2, 0.25) is 5.02 Å². The molecule has 14 nitrogen and oxygen atoms in total. The average molecular weight is 920 g/mol. The second kappa shape index (κ2) is 34.6. The predicted molar refractivity (Wildman–Crippen MR) is 218 cm³/mol. The number of halogens is 3. The molecule has 0 radical (unpaired) electrons. The van der Waals surface area contributed by atoms with Crippen LogP contribution in [0.1, 0.15) is 22.3 Å². The van der Waals surface area contributed by atoms with Gasteiger partial charge in [0.1, 0.15) is 5.79 Å². The number of carbonyl (C=O) groups excluding carboxylic acids is 3. The van der Waals surface area contributed by atoms with E-state index in [1.54, 1.807) is 12.1 Å². The number of nitrogens with zero attached hydrogens (tertiary/aromatic N) is 3. The van der Waals surface area contributed by atoms with Crippen molar-refractivity contribution in [2.24, 2.45) is 0 Å². The van der Waals surface area contributed by atoms with Crippen molar-refractivity contribution in [3.05, 3.63) is 106 Å². The molecule has 3 fully saturated rings. The molecular weight excluding hydrogens is 865 g/mol. The number of benzene rings is 3. The fourth-order valence-corrected chi connectivity index (χ4v) is 5.94. The summed E-state index contributed by atoms with van der Waals surface area (Å²) in [6.07, 6.45) is 0. The zero-order chi connectivity index (χ0) is 40.6. The van der Waals surface area contributed by atoms with Crippen molar-refractivity contribution in [1.29, 1.82) is 0 Å². The molecule has 6 rings (SSSR count). The van der Waals surface area contributed by atoms with E-state index >= 15 is 0 Å². The van der Waals surface area contributed by atoms with Crippen LogP contribution in [-0.2, 0) is 73.0 Å². The Morgan fingerprint density at radius 2 is 1.05 bits per heavy atom. The third-order valence-electron chi connectivity index (χ3n) is 8.88. The van der Waals surface area contributed by atoms with Gasteiger partial charge in [-0.05, 0) is 22.8 Å². The molecule has 0 amide bonds. The number of methoxy groups -OCH3 is 4. The van der Waals surface area contributed by atoms with Gasteiger partial charge in [0.05, 0.1) is 61.0 Å². The number of hydrogen-bond donors (Lipinski definition) is 0. The number of ether oxygens (including phenoxy) is 7. The van der Waals surface area contributed by atoms with Gasteiger partial charge in [0.25, 0.3) is 0 Å². The van der Waals surface area contributed by atoms with Gasteiger partial charge in [0, 0.05) is 71.0 Å². The molecule has 3 aromatic carbocycles. The van der Waals surface area contributed by atoms with E-state index in [0.717, 1.165) is 104 Å². The van der Waals surface area contributed by atoms with Crippen LogP contribution in [0, 0.1) is 6.07 Å². The van der Waals surface area contributed by atoms with E-state index in [4.69, 9.17) is 30.5 Å². The molecule has 0 spiro atoms. The molecule has 3 aromatic rings. The predicted octanol–water partition coefficient (Wildman–Crippen LogP) is -4.08. The summed E-state index contributed by atoms with van der Waals surface area (Å²) in [7, 11) is 4.62. The molecule has 324 valence electrons. The van der Waals surface area contributed by atoms with Gasteiger partial charge in [-0.1, -0.05) is 54.1 Å². The molecule has 60 heavy (non-hydrogen) atoms. The fourth-order valence-electron chi connectivity index (χ4n) is 5.74. The zero-order valence-electron chi connectivity index (χ0n) is 34.9. The van der Waals surface area contributed by atoms with Gasteiger partial charge in [-0.25, -0.2) is 9.59 Å². The molecule has 0 saturated carbocycles. The van der Waals surface area contributed by atoms with Crippen molar-refractivity contribution in [3.63, 3.8) is 0 Å². The number of hydrogen-bond acceptors (Lipinski definition) is 14. The van der Waals surface area contributed by atoms with Crippen molar-refractivity contribution in [2.45, 2.75) is 25.4 Å². The van der Waals surface area contributed by atoms with Crippen LogP contribution in [0.5, 0.6) is 0 Å². The molecule has 0 N–H and O–H groups in total. The molecule has 19 heteroatoms. The smallest absolute Gasteiger partial charge is 1.00 e. The van der Waals surface area contributed by atoms with E-state index in [2.05, 4.69) is 53.2 Å². The van der Waals surface area contributed by atoms with Crippen LogP contribution >= 0.6 is 11.6 Å². The third kappa shape index (κ3) is 21.5. The number of carbonyl (C=O) groups is 3. The summed E-state index contributed by atoms with van der Waals surface area (Å²) in [5, 5.41) is 13.6. The summed E-state index contributed by atoms with van der Waals surface area (Å²) in [5.74, 6) is -5.24. The first kappa shape index (κ1) is 60.2. The molecule has 3 saturated heterocycles. The summed E-state index contributed by atoms with van der Waals surface area (Å²) >= 11 is 6.09. The first-order valence-corrected chi connectivity index (χ1v) is 18.7. The maximum atomic E-state index is 12.7. The van der Waals surface area contributed by atoms with E-state index in [-0.39, 0.29) is 70.9 Å². The molecule has 0 aliphatic carbocycles. The second-order valence-electron chi connectivity index (χ2n) is 12.6. The molecule has 3 aliphatic rings. The standard InChI is InChI=1S/C15H20NO5.C11H14ClNO.C11H14NO.C4H6O4.2ClH.2Mg/c1-19-14(17)15(18,20-2)13-6-4-3-5-12(13)11-16-7-9-21-10-8-16;12-11-4-2-1-3-10(11)9-13-5-7-14-8-6-13;1-2-4-11(5-3-1)10-12-6-8-13-9-7-12;1-7-3(5)4(6)8-2;;;;/h3-6H,7-11H2,1-2H3;1-4H,5-9H2;1-4H,6-10H2;1-2H3;2*1H;;/q-1;;-1;;;;2*+2/p-2. The van der Waals surface area contributed by atoms with Gasteiger partial charge < -0.3 is 63.1 Å². The Labute approximate surface area is 403 Å². The Morgan fingerprint density at radius 3 is 1.47 bits per heavy atom. The number of rotatable bonds is 9. The maximum Gasteiger partial charge on any atom is 2.00 e. The van der Waals surface area contributed by atoms with Crippen LogP contribution in [-0.4, -0.2) is 186 Å². The monoisotopic (exact) mass is 917 g/mol. The Kier molecular flexibility index (Phi) is 34.8. The van der Waals surface area contributed by atoms with Crippen LogP contribution in [0.25, 0.3) is 0 Å². The fraction of sp³-hybridized carbons (Fsp3) is 0.488. The van der Waals surface area contributed by atoms with Gasteiger partial charge in [-0.2, -0.15) is 30.3 Å². The van der Waals surface area contributed by atoms with E-state index in [0.29, 0.717) is 25.3 Å². The van der Waals surface area contributed by atoms with Crippen LogP contribution in [0.4, 0.5) is 0 Å². The first-order chi connectivity index (χ1) is 27.1. The van der Waals surface area contributed by atoms with E-state index in [1.807, 2.05) is 42.5 Å². The minimum Gasteiger partial charge on any atom is -1.00 e. The first-order valence-electron chi connectivity index (χ1n) is 18.3. The number of morpholine rings is 3. The van der Waals surface area contributed by atoms with Gasteiger partial charge in [0.15, 0.2) is 0 Å². The molecule has 3 heterocycles. The van der Waals surface area contributed by atoms with Gasteiger partial charge in [-0.3, -0.25) is 19.5 Å². The number of esters is 3. The Balaban J connectivity index is 0. The SMILES string of the molecule is COC(=O)C(=O)OC.COC(=O)C([O-])(OC)c1ccccc1CN1CCOCC1.Clc1ccccc1CN1CCOCC1.[Cl-].[Cl-].[Mg+2].[Mg+2].[c-]1ccccc1CN1CCOCC1. The van der Waals surface area contributed by atoms with Crippen molar-refractivity contribution in [3.8, 4) is 0 Å². The Bertz CT molecular complexity index is 1590. The van der Waals surface area contributed by atoms with Crippen molar-refractivity contribution >= 4 is 75.6 Å². The minimum atomic E-state index is -2.34. The van der Waals surface area contributed by atoms with Gasteiger partial charge in [0.2, 0.25) is 0 Å². The minimum absolute atomic E-state index is 0. The molecule has 0 bridgehead atoms. The van der Waals surface area contributed by atoms with Crippen molar-refractivity contribution < 1.29 is 77.5 Å². The van der Waals surface area contributed by atoms with Crippen LogP contribution in [0.15, 0.2) is 72.8 Å².